The zero-order valence-electron chi connectivity index (χ0n) is 15.9. The van der Waals surface area contributed by atoms with Gasteiger partial charge in [-0.15, -0.1) is 0 Å². The average molecular weight is 390 g/mol. The highest BCUT2D eigenvalue weighted by atomic mass is 19.1. The van der Waals surface area contributed by atoms with Crippen molar-refractivity contribution in [3.63, 3.8) is 0 Å². The van der Waals surface area contributed by atoms with Crippen molar-refractivity contribution >= 4 is 23.5 Å². The number of amides is 3. The van der Waals surface area contributed by atoms with Crippen molar-refractivity contribution < 1.29 is 23.5 Å². The summed E-state index contributed by atoms with van der Waals surface area (Å²) in [7, 11) is 1.58. The largest absolute Gasteiger partial charge is 0.489 e. The van der Waals surface area contributed by atoms with E-state index in [2.05, 4.69) is 15.6 Å². The number of aromatic nitrogens is 1. The summed E-state index contributed by atoms with van der Waals surface area (Å²) in [5.41, 5.74) is 0.728. The fourth-order valence-corrected chi connectivity index (χ4v) is 2.40. The van der Waals surface area contributed by atoms with E-state index in [1.165, 1.54) is 29.3 Å². The topological polar surface area (TPSA) is 92.8 Å². The van der Waals surface area contributed by atoms with Crippen LogP contribution in [-0.2, 0) is 4.74 Å². The maximum Gasteiger partial charge on any atom is 0.409 e. The second-order valence-electron chi connectivity index (χ2n) is 6.00. The van der Waals surface area contributed by atoms with Gasteiger partial charge in [0.15, 0.2) is 0 Å². The molecule has 0 aliphatic heterocycles. The third-order valence-corrected chi connectivity index (χ3v) is 3.50. The molecule has 0 saturated heterocycles. The SMILES string of the molecule is CCOC(=O)N(C)C[C@H](C)Oc1cc(F)cc(NC(=O)Nc2cccnc2)c1. The molecule has 150 valence electrons. The minimum Gasteiger partial charge on any atom is -0.489 e. The molecule has 0 aliphatic rings. The van der Waals surface area contributed by atoms with Crippen LogP contribution in [0.4, 0.5) is 25.4 Å². The molecule has 0 saturated carbocycles. The van der Waals surface area contributed by atoms with Gasteiger partial charge in [0.05, 0.1) is 25.0 Å². The number of hydrogen-bond acceptors (Lipinski definition) is 5. The predicted molar refractivity (Wildman–Crippen MR) is 103 cm³/mol. The van der Waals surface area contributed by atoms with Gasteiger partial charge in [-0.1, -0.05) is 0 Å². The second-order valence-corrected chi connectivity index (χ2v) is 6.00. The summed E-state index contributed by atoms with van der Waals surface area (Å²) in [5.74, 6) is -0.346. The van der Waals surface area contributed by atoms with Gasteiger partial charge in [0.1, 0.15) is 17.7 Å². The number of ether oxygens (including phenoxy) is 2. The lowest BCUT2D eigenvalue weighted by atomic mass is 10.2. The summed E-state index contributed by atoms with van der Waals surface area (Å²) in [6.45, 7) is 3.98. The Hall–Kier alpha value is -3.36. The maximum atomic E-state index is 13.9. The van der Waals surface area contributed by atoms with Gasteiger partial charge in [0.2, 0.25) is 0 Å². The van der Waals surface area contributed by atoms with Crippen molar-refractivity contribution in [3.05, 3.63) is 48.5 Å². The highest BCUT2D eigenvalue weighted by molar-refractivity contribution is 5.99. The molecule has 0 bridgehead atoms. The van der Waals surface area contributed by atoms with Gasteiger partial charge in [-0.05, 0) is 32.0 Å². The molecule has 0 aliphatic carbocycles. The summed E-state index contributed by atoms with van der Waals surface area (Å²) < 4.78 is 24.5. The highest BCUT2D eigenvalue weighted by Gasteiger charge is 2.15. The number of urea groups is 1. The summed E-state index contributed by atoms with van der Waals surface area (Å²) >= 11 is 0. The number of carbonyl (C=O) groups is 2. The molecular formula is C19H23FN4O4. The van der Waals surface area contributed by atoms with E-state index in [1.54, 1.807) is 39.2 Å². The third kappa shape index (κ3) is 6.75. The van der Waals surface area contributed by atoms with Crippen molar-refractivity contribution in [1.82, 2.24) is 9.88 Å². The Kier molecular flexibility index (Phi) is 7.55. The molecule has 0 fully saturated rings. The van der Waals surface area contributed by atoms with E-state index >= 15 is 0 Å². The molecule has 1 heterocycles. The van der Waals surface area contributed by atoms with Crippen LogP contribution in [0.2, 0.25) is 0 Å². The van der Waals surface area contributed by atoms with Gasteiger partial charge >= 0.3 is 12.1 Å². The smallest absolute Gasteiger partial charge is 0.409 e. The summed E-state index contributed by atoms with van der Waals surface area (Å²) in [6.07, 6.45) is 2.18. The maximum absolute atomic E-state index is 13.9. The minimum atomic E-state index is -0.569. The zero-order valence-corrected chi connectivity index (χ0v) is 15.9. The van der Waals surface area contributed by atoms with Gasteiger partial charge in [0, 0.05) is 31.1 Å². The van der Waals surface area contributed by atoms with Crippen LogP contribution in [0.3, 0.4) is 0 Å². The molecule has 1 aromatic carbocycles. The lowest BCUT2D eigenvalue weighted by Crippen LogP contribution is -2.35. The number of benzene rings is 1. The summed E-state index contributed by atoms with van der Waals surface area (Å²) in [6, 6.07) is 6.68. The number of hydrogen-bond donors (Lipinski definition) is 2. The molecular weight excluding hydrogens is 367 g/mol. The number of nitrogens with one attached hydrogen (secondary N) is 2. The van der Waals surface area contributed by atoms with Gasteiger partial charge < -0.3 is 25.0 Å². The molecule has 1 aromatic heterocycles. The van der Waals surface area contributed by atoms with Crippen LogP contribution in [0.15, 0.2) is 42.7 Å². The molecule has 2 aromatic rings. The number of likely N-dealkylation sites (N-methyl/N-ethyl adjacent to an activating group) is 1. The highest BCUT2D eigenvalue weighted by Crippen LogP contribution is 2.22. The normalized spacial score (nSPS) is 11.3. The number of pyridine rings is 1. The second kappa shape index (κ2) is 10.1. The Morgan fingerprint density at radius 1 is 1.25 bits per heavy atom. The molecule has 9 heteroatoms. The molecule has 28 heavy (non-hydrogen) atoms. The van der Waals surface area contributed by atoms with Crippen molar-refractivity contribution in [2.45, 2.75) is 20.0 Å². The zero-order chi connectivity index (χ0) is 20.5. The molecule has 8 nitrogen and oxygen atoms in total. The molecule has 0 spiro atoms. The average Bonchev–Trinajstić information content (AvgIpc) is 2.61. The van der Waals surface area contributed by atoms with E-state index in [4.69, 9.17) is 9.47 Å². The van der Waals surface area contributed by atoms with E-state index in [0.29, 0.717) is 5.69 Å². The van der Waals surface area contributed by atoms with E-state index in [0.717, 1.165) is 0 Å². The van der Waals surface area contributed by atoms with Crippen LogP contribution in [-0.4, -0.2) is 48.3 Å². The van der Waals surface area contributed by atoms with Crippen molar-refractivity contribution in [2.75, 3.05) is 30.8 Å². The first-order chi connectivity index (χ1) is 13.4. The number of carbonyl (C=O) groups excluding carboxylic acids is 2. The van der Waals surface area contributed by atoms with Gasteiger partial charge in [-0.2, -0.15) is 0 Å². The van der Waals surface area contributed by atoms with Crippen LogP contribution in [0.5, 0.6) is 5.75 Å². The molecule has 2 rings (SSSR count). The van der Waals surface area contributed by atoms with Crippen LogP contribution in [0, 0.1) is 5.82 Å². The number of anilines is 2. The summed E-state index contributed by atoms with van der Waals surface area (Å²) in [5, 5.41) is 5.13. The molecule has 0 unspecified atom stereocenters. The first-order valence-electron chi connectivity index (χ1n) is 8.70. The molecule has 2 N–H and O–H groups in total. The fraction of sp³-hybridized carbons (Fsp3) is 0.316. The van der Waals surface area contributed by atoms with Crippen LogP contribution in [0.25, 0.3) is 0 Å². The Morgan fingerprint density at radius 2 is 2.00 bits per heavy atom. The Balaban J connectivity index is 1.96. The Morgan fingerprint density at radius 3 is 2.68 bits per heavy atom. The number of rotatable bonds is 7. The first-order valence-corrected chi connectivity index (χ1v) is 8.70. The van der Waals surface area contributed by atoms with Crippen LogP contribution < -0.4 is 15.4 Å². The lowest BCUT2D eigenvalue weighted by molar-refractivity contribution is 0.0975. The van der Waals surface area contributed by atoms with Crippen molar-refractivity contribution in [2.24, 2.45) is 0 Å². The quantitative estimate of drug-likeness (QED) is 0.752. The Bertz CT molecular complexity index is 804. The predicted octanol–water partition coefficient (Wildman–Crippen LogP) is 3.72. The van der Waals surface area contributed by atoms with Crippen LogP contribution >= 0.6 is 0 Å². The van der Waals surface area contributed by atoms with Gasteiger partial charge in [-0.3, -0.25) is 4.98 Å². The van der Waals surface area contributed by atoms with Crippen molar-refractivity contribution in [3.8, 4) is 5.75 Å². The lowest BCUT2D eigenvalue weighted by Gasteiger charge is -2.22. The molecule has 3 amide bonds. The van der Waals surface area contributed by atoms with E-state index < -0.39 is 24.0 Å². The van der Waals surface area contributed by atoms with E-state index in [-0.39, 0.29) is 24.6 Å². The third-order valence-electron chi connectivity index (χ3n) is 3.50. The van der Waals surface area contributed by atoms with Gasteiger partial charge in [-0.25, -0.2) is 14.0 Å². The first kappa shape index (κ1) is 20.9. The summed E-state index contributed by atoms with van der Waals surface area (Å²) in [4.78, 5) is 28.9. The van der Waals surface area contributed by atoms with Crippen molar-refractivity contribution in [1.29, 1.82) is 0 Å². The monoisotopic (exact) mass is 390 g/mol. The Labute approximate surface area is 162 Å². The fourth-order valence-electron chi connectivity index (χ4n) is 2.40. The van der Waals surface area contributed by atoms with Gasteiger partial charge in [0.25, 0.3) is 0 Å². The molecule has 1 atom stereocenters. The number of halogens is 1. The molecule has 0 radical (unpaired) electrons. The number of nitrogens with zero attached hydrogens (tertiary/aromatic N) is 2. The standard InChI is InChI=1S/C19H23FN4O4/c1-4-27-19(26)24(3)12-13(2)28-17-9-14(20)8-16(10-17)23-18(25)22-15-6-5-7-21-11-15/h5-11,13H,4,12H2,1-3H3,(H2,22,23,25)/t13-/m0/s1. The van der Waals surface area contributed by atoms with E-state index in [1.807, 2.05) is 0 Å². The minimum absolute atomic E-state index is 0.224. The van der Waals surface area contributed by atoms with E-state index in [9.17, 15) is 14.0 Å². The van der Waals surface area contributed by atoms with Crippen LogP contribution in [0.1, 0.15) is 13.8 Å².